The second-order valence-corrected chi connectivity index (χ2v) is 14.2. The Kier molecular flexibility index (Phi) is 8.99. The fourth-order valence-corrected chi connectivity index (χ4v) is 7.77. The third-order valence-corrected chi connectivity index (χ3v) is 9.90. The predicted octanol–water partition coefficient (Wildman–Crippen LogP) is 6.91. The Hall–Kier alpha value is -4.08. The Morgan fingerprint density at radius 1 is 0.870 bits per heavy atom. The third-order valence-electron chi connectivity index (χ3n) is 7.97. The van der Waals surface area contributed by atoms with Crippen molar-refractivity contribution in [2.45, 2.75) is 70.3 Å². The van der Waals surface area contributed by atoms with Crippen molar-refractivity contribution in [3.05, 3.63) is 130 Å². The number of hydrogen-bond donors (Lipinski definition) is 2. The van der Waals surface area contributed by atoms with Gasteiger partial charge in [-0.05, 0) is 57.2 Å². The van der Waals surface area contributed by atoms with E-state index in [1.165, 1.54) is 4.52 Å². The number of benzene rings is 3. The quantitative estimate of drug-likeness (QED) is 0.0992. The summed E-state index contributed by atoms with van der Waals surface area (Å²) in [6.45, 7) is 7.27. The molecule has 2 aromatic heterocycles. The Morgan fingerprint density at radius 2 is 1.37 bits per heavy atom. The number of hydrogen-bond acceptors (Lipinski definition) is 8. The molecule has 0 spiro atoms. The van der Waals surface area contributed by atoms with E-state index in [1.54, 1.807) is 6.20 Å². The van der Waals surface area contributed by atoms with Crippen LogP contribution < -0.4 is 11.0 Å². The summed E-state index contributed by atoms with van der Waals surface area (Å²) in [5, 5.41) is 8.00. The fraction of sp³-hybridized carbons (Fsp3) is 0.343. The summed E-state index contributed by atoms with van der Waals surface area (Å²) in [6, 6.07) is 30.3. The summed E-state index contributed by atoms with van der Waals surface area (Å²) >= 11 is 0. The van der Waals surface area contributed by atoms with Crippen molar-refractivity contribution in [2.75, 3.05) is 11.7 Å². The van der Waals surface area contributed by atoms with E-state index in [0.717, 1.165) is 35.1 Å². The van der Waals surface area contributed by atoms with Crippen LogP contribution in [0, 0.1) is 0 Å². The summed E-state index contributed by atoms with van der Waals surface area (Å²) in [5.74, 6) is 0.293. The fourth-order valence-electron chi connectivity index (χ4n) is 5.88. The molecule has 1 fully saturated rings. The number of anilines is 1. The monoisotopic (exact) mass is 641 g/mol. The topological polar surface area (TPSA) is 120 Å². The van der Waals surface area contributed by atoms with Crippen LogP contribution in [-0.2, 0) is 30.3 Å². The van der Waals surface area contributed by atoms with Crippen LogP contribution in [0.4, 0.5) is 5.95 Å². The molecule has 6 rings (SSSR count). The third kappa shape index (κ3) is 6.71. The number of H-pyrrole nitrogens is 1. The summed E-state index contributed by atoms with van der Waals surface area (Å²) in [6.07, 6.45) is 2.91. The number of fused-ring (bicyclic) bond motifs is 1. The minimum atomic E-state index is -3.48. The van der Waals surface area contributed by atoms with E-state index >= 15 is 0 Å². The van der Waals surface area contributed by atoms with E-state index in [9.17, 15) is 9.36 Å². The smallest absolute Gasteiger partial charge is 0.356 e. The standard InChI is InChI=1S/C35H40N5O5P/c1-25(2)44-46(42,45-26(3)4)24-43-34(20-21-34)22-27-23-36-40-31(27)37-32(38-33(40)41)39-35(28-14-8-5-9-15-28,29-16-10-6-11-17-29)30-18-12-7-13-19-30/h5-19,23,25-26H,20-22,24H2,1-4H3,(H2,37,38,39,41). The van der Waals surface area contributed by atoms with Crippen molar-refractivity contribution in [3.63, 3.8) is 0 Å². The Balaban J connectivity index is 1.36. The van der Waals surface area contributed by atoms with E-state index < -0.39 is 24.4 Å². The zero-order valence-corrected chi connectivity index (χ0v) is 27.4. The molecule has 1 aliphatic rings. The SMILES string of the molecule is CC(C)OP(=O)(COC1(Cc2cnn3c(=O)[nH]c(NC(c4ccccc4)(c4ccccc4)c4ccccc4)nc23)CC1)OC(C)C. The molecule has 240 valence electrons. The lowest BCUT2D eigenvalue weighted by Crippen LogP contribution is -2.39. The summed E-state index contributed by atoms with van der Waals surface area (Å²) in [7, 11) is -3.48. The van der Waals surface area contributed by atoms with Gasteiger partial charge in [0.05, 0.1) is 24.0 Å². The maximum atomic E-state index is 13.4. The first kappa shape index (κ1) is 31.9. The second kappa shape index (κ2) is 13.0. The van der Waals surface area contributed by atoms with Gasteiger partial charge < -0.3 is 19.1 Å². The number of aromatic amines is 1. The van der Waals surface area contributed by atoms with E-state index in [2.05, 4.69) is 51.8 Å². The van der Waals surface area contributed by atoms with Crippen LogP contribution in [0.2, 0.25) is 0 Å². The molecule has 0 aliphatic heterocycles. The molecule has 10 nitrogen and oxygen atoms in total. The molecule has 1 saturated carbocycles. The second-order valence-electron chi connectivity index (χ2n) is 12.3. The molecule has 11 heteroatoms. The Bertz CT molecular complexity index is 1760. The predicted molar refractivity (Wildman–Crippen MR) is 178 cm³/mol. The van der Waals surface area contributed by atoms with Gasteiger partial charge in [0.2, 0.25) is 5.95 Å². The molecule has 2 N–H and O–H groups in total. The molecule has 0 bridgehead atoms. The lowest BCUT2D eigenvalue weighted by Gasteiger charge is -2.37. The largest absolute Gasteiger partial charge is 0.362 e. The highest BCUT2D eigenvalue weighted by atomic mass is 31.2. The molecular formula is C35H40N5O5P. The molecule has 1 aliphatic carbocycles. The van der Waals surface area contributed by atoms with E-state index in [-0.39, 0.29) is 18.6 Å². The van der Waals surface area contributed by atoms with Crippen LogP contribution in [0.1, 0.15) is 62.8 Å². The molecular weight excluding hydrogens is 601 g/mol. The highest BCUT2D eigenvalue weighted by molar-refractivity contribution is 7.53. The molecule has 2 heterocycles. The number of nitrogens with zero attached hydrogens (tertiary/aromatic N) is 3. The summed E-state index contributed by atoms with van der Waals surface area (Å²) < 4.78 is 32.4. The van der Waals surface area contributed by atoms with Gasteiger partial charge in [-0.2, -0.15) is 14.6 Å². The average molecular weight is 642 g/mol. The molecule has 46 heavy (non-hydrogen) atoms. The molecule has 0 unspecified atom stereocenters. The minimum absolute atomic E-state index is 0.156. The number of nitrogens with one attached hydrogen (secondary N) is 2. The summed E-state index contributed by atoms with van der Waals surface area (Å²) in [4.78, 5) is 21.3. The molecule has 5 aromatic rings. The van der Waals surface area contributed by atoms with Gasteiger partial charge in [-0.1, -0.05) is 91.0 Å². The first-order valence-corrected chi connectivity index (χ1v) is 17.4. The first-order chi connectivity index (χ1) is 22.1. The number of aromatic nitrogens is 4. The maximum Gasteiger partial charge on any atom is 0.356 e. The van der Waals surface area contributed by atoms with Crippen LogP contribution in [0.25, 0.3) is 5.65 Å². The van der Waals surface area contributed by atoms with Gasteiger partial charge in [0.1, 0.15) is 11.9 Å². The normalized spacial score (nSPS) is 14.7. The van der Waals surface area contributed by atoms with Gasteiger partial charge in [0.25, 0.3) is 0 Å². The van der Waals surface area contributed by atoms with Crippen molar-refractivity contribution in [1.29, 1.82) is 0 Å². The highest BCUT2D eigenvalue weighted by Gasteiger charge is 2.47. The van der Waals surface area contributed by atoms with Crippen molar-refractivity contribution in [3.8, 4) is 0 Å². The number of ether oxygens (including phenoxy) is 1. The van der Waals surface area contributed by atoms with Crippen LogP contribution in [0.5, 0.6) is 0 Å². The highest BCUT2D eigenvalue weighted by Crippen LogP contribution is 2.54. The van der Waals surface area contributed by atoms with E-state index in [1.807, 2.05) is 82.3 Å². The van der Waals surface area contributed by atoms with Crippen LogP contribution in [-0.4, -0.2) is 43.7 Å². The molecule has 0 amide bonds. The Labute approximate surface area is 268 Å². The van der Waals surface area contributed by atoms with E-state index in [0.29, 0.717) is 18.0 Å². The molecule has 0 saturated heterocycles. The van der Waals surface area contributed by atoms with Crippen molar-refractivity contribution < 1.29 is 18.3 Å². The zero-order valence-electron chi connectivity index (χ0n) is 26.6. The van der Waals surface area contributed by atoms with Crippen molar-refractivity contribution in [1.82, 2.24) is 19.6 Å². The van der Waals surface area contributed by atoms with Gasteiger partial charge in [-0.15, -0.1) is 0 Å². The molecule has 0 atom stereocenters. The lowest BCUT2D eigenvalue weighted by atomic mass is 9.77. The zero-order chi connectivity index (χ0) is 32.4. The van der Waals surface area contributed by atoms with Gasteiger partial charge in [-0.25, -0.2) is 4.79 Å². The van der Waals surface area contributed by atoms with Gasteiger partial charge in [0.15, 0.2) is 5.65 Å². The van der Waals surface area contributed by atoms with Crippen LogP contribution in [0.15, 0.2) is 102 Å². The average Bonchev–Trinajstić information content (AvgIpc) is 3.70. The van der Waals surface area contributed by atoms with Crippen molar-refractivity contribution >= 4 is 19.2 Å². The van der Waals surface area contributed by atoms with Gasteiger partial charge >= 0.3 is 13.3 Å². The number of rotatable bonds is 14. The van der Waals surface area contributed by atoms with Gasteiger partial charge in [-0.3, -0.25) is 9.55 Å². The van der Waals surface area contributed by atoms with Crippen LogP contribution in [0.3, 0.4) is 0 Å². The van der Waals surface area contributed by atoms with E-state index in [4.69, 9.17) is 18.8 Å². The Morgan fingerprint density at radius 3 is 1.83 bits per heavy atom. The van der Waals surface area contributed by atoms with Gasteiger partial charge in [0, 0.05) is 12.0 Å². The minimum Gasteiger partial charge on any atom is -0.362 e. The summed E-state index contributed by atoms with van der Waals surface area (Å²) in [5.41, 5.74) is 2.23. The molecule has 3 aromatic carbocycles. The van der Waals surface area contributed by atoms with Crippen molar-refractivity contribution in [2.24, 2.45) is 0 Å². The maximum absolute atomic E-state index is 13.4. The van der Waals surface area contributed by atoms with Crippen LogP contribution >= 0.6 is 7.60 Å². The first-order valence-electron chi connectivity index (χ1n) is 15.6. The molecule has 0 radical (unpaired) electrons. The lowest BCUT2D eigenvalue weighted by molar-refractivity contribution is 0.0379.